The number of hydrogen-bond acceptors (Lipinski definition) is 3. The van der Waals surface area contributed by atoms with Crippen molar-refractivity contribution in [2.24, 2.45) is 5.73 Å². The molecule has 1 rings (SSSR count). The molecule has 19 heavy (non-hydrogen) atoms. The minimum Gasteiger partial charge on any atom is -0.481 e. The summed E-state index contributed by atoms with van der Waals surface area (Å²) in [6.07, 6.45) is 0.453. The second kappa shape index (κ2) is 7.48. The highest BCUT2D eigenvalue weighted by molar-refractivity contribution is 5.82. The van der Waals surface area contributed by atoms with Gasteiger partial charge in [0.1, 0.15) is 5.82 Å². The van der Waals surface area contributed by atoms with E-state index in [9.17, 15) is 14.0 Å². The molecule has 0 fully saturated rings. The summed E-state index contributed by atoms with van der Waals surface area (Å²) < 4.78 is 12.9. The van der Waals surface area contributed by atoms with Crippen molar-refractivity contribution >= 4 is 11.9 Å². The Bertz CT molecular complexity index is 451. The van der Waals surface area contributed by atoms with Gasteiger partial charge >= 0.3 is 5.97 Å². The average Bonchev–Trinajstić information content (AvgIpc) is 2.35. The zero-order valence-electron chi connectivity index (χ0n) is 10.4. The van der Waals surface area contributed by atoms with E-state index in [2.05, 4.69) is 5.32 Å². The molecule has 5 nitrogen and oxygen atoms in total. The van der Waals surface area contributed by atoms with Crippen LogP contribution in [-0.4, -0.2) is 29.6 Å². The number of rotatable bonds is 7. The van der Waals surface area contributed by atoms with Gasteiger partial charge in [-0.15, -0.1) is 0 Å². The van der Waals surface area contributed by atoms with E-state index in [-0.39, 0.29) is 18.7 Å². The Morgan fingerprint density at radius 1 is 1.42 bits per heavy atom. The van der Waals surface area contributed by atoms with Gasteiger partial charge in [0, 0.05) is 13.0 Å². The summed E-state index contributed by atoms with van der Waals surface area (Å²) in [4.78, 5) is 21.8. The molecule has 0 saturated carbocycles. The van der Waals surface area contributed by atoms with E-state index in [4.69, 9.17) is 10.8 Å². The molecule has 0 aromatic heterocycles. The molecule has 0 bridgehead atoms. The Balaban J connectivity index is 2.28. The summed E-state index contributed by atoms with van der Waals surface area (Å²) in [5.41, 5.74) is 6.31. The second-order valence-electron chi connectivity index (χ2n) is 4.21. The zero-order valence-corrected chi connectivity index (χ0v) is 10.4. The molecule has 0 saturated heterocycles. The van der Waals surface area contributed by atoms with E-state index in [0.717, 1.165) is 5.56 Å². The summed E-state index contributed by atoms with van der Waals surface area (Å²) in [6, 6.07) is 5.29. The van der Waals surface area contributed by atoms with Crippen molar-refractivity contribution in [2.75, 3.05) is 6.54 Å². The molecule has 1 aromatic rings. The van der Waals surface area contributed by atoms with Crippen molar-refractivity contribution in [2.45, 2.75) is 25.3 Å². The highest BCUT2D eigenvalue weighted by atomic mass is 19.1. The number of nitrogens with one attached hydrogen (secondary N) is 1. The highest BCUT2D eigenvalue weighted by Crippen LogP contribution is 2.03. The van der Waals surface area contributed by atoms with E-state index in [1.54, 1.807) is 12.1 Å². The van der Waals surface area contributed by atoms with Crippen LogP contribution in [0.5, 0.6) is 0 Å². The predicted molar refractivity (Wildman–Crippen MR) is 68.0 cm³/mol. The molecule has 0 aliphatic rings. The molecular formula is C13H17FN2O3. The summed E-state index contributed by atoms with van der Waals surface area (Å²) >= 11 is 0. The first kappa shape index (κ1) is 15.1. The molecule has 1 unspecified atom stereocenters. The number of amides is 1. The maximum absolute atomic E-state index is 12.9. The largest absolute Gasteiger partial charge is 0.481 e. The first-order valence-corrected chi connectivity index (χ1v) is 5.98. The number of carboxylic acids is 1. The lowest BCUT2D eigenvalue weighted by Gasteiger charge is -2.11. The van der Waals surface area contributed by atoms with Crippen LogP contribution in [0.15, 0.2) is 24.3 Å². The Morgan fingerprint density at radius 3 is 2.79 bits per heavy atom. The molecular weight excluding hydrogens is 251 g/mol. The SMILES string of the molecule is NC(CCC(=O)O)C(=O)NCCc1cccc(F)c1. The quantitative estimate of drug-likeness (QED) is 0.678. The molecule has 0 aliphatic carbocycles. The number of carboxylic acid groups (broad SMARTS) is 1. The van der Waals surface area contributed by atoms with Crippen LogP contribution in [-0.2, 0) is 16.0 Å². The van der Waals surface area contributed by atoms with E-state index in [1.807, 2.05) is 0 Å². The zero-order chi connectivity index (χ0) is 14.3. The van der Waals surface area contributed by atoms with Crippen LogP contribution in [0.3, 0.4) is 0 Å². The first-order chi connectivity index (χ1) is 8.99. The van der Waals surface area contributed by atoms with Crippen molar-refractivity contribution in [3.63, 3.8) is 0 Å². The molecule has 0 radical (unpaired) electrons. The standard InChI is InChI=1S/C13H17FN2O3/c14-10-3-1-2-9(8-10)6-7-16-13(19)11(15)4-5-12(17)18/h1-3,8,11H,4-7,15H2,(H,16,19)(H,17,18). The van der Waals surface area contributed by atoms with Gasteiger partial charge in [-0.3, -0.25) is 9.59 Å². The molecule has 1 atom stereocenters. The lowest BCUT2D eigenvalue weighted by atomic mass is 10.1. The Labute approximate surface area is 110 Å². The van der Waals surface area contributed by atoms with Crippen LogP contribution in [0.25, 0.3) is 0 Å². The van der Waals surface area contributed by atoms with Crippen molar-refractivity contribution < 1.29 is 19.1 Å². The van der Waals surface area contributed by atoms with Gasteiger partial charge in [-0.05, 0) is 30.5 Å². The van der Waals surface area contributed by atoms with Crippen LogP contribution in [0.1, 0.15) is 18.4 Å². The van der Waals surface area contributed by atoms with Gasteiger partial charge in [-0.2, -0.15) is 0 Å². The van der Waals surface area contributed by atoms with Crippen LogP contribution in [0, 0.1) is 5.82 Å². The highest BCUT2D eigenvalue weighted by Gasteiger charge is 2.14. The topological polar surface area (TPSA) is 92.4 Å². The molecule has 104 valence electrons. The van der Waals surface area contributed by atoms with Gasteiger partial charge in [-0.25, -0.2) is 4.39 Å². The van der Waals surface area contributed by atoms with Gasteiger partial charge in [0.15, 0.2) is 0 Å². The number of aliphatic carboxylic acids is 1. The summed E-state index contributed by atoms with van der Waals surface area (Å²) in [7, 11) is 0. The van der Waals surface area contributed by atoms with E-state index >= 15 is 0 Å². The van der Waals surface area contributed by atoms with Gasteiger partial charge in [0.05, 0.1) is 6.04 Å². The minimum absolute atomic E-state index is 0.0983. The van der Waals surface area contributed by atoms with E-state index < -0.39 is 17.9 Å². The van der Waals surface area contributed by atoms with Crippen molar-refractivity contribution in [3.8, 4) is 0 Å². The lowest BCUT2D eigenvalue weighted by Crippen LogP contribution is -2.41. The molecule has 4 N–H and O–H groups in total. The maximum Gasteiger partial charge on any atom is 0.303 e. The summed E-state index contributed by atoms with van der Waals surface area (Å²) in [5.74, 6) is -1.69. The maximum atomic E-state index is 12.9. The second-order valence-corrected chi connectivity index (χ2v) is 4.21. The fourth-order valence-corrected chi connectivity index (χ4v) is 1.56. The molecule has 0 spiro atoms. The Kier molecular flexibility index (Phi) is 5.95. The predicted octanol–water partition coefficient (Wildman–Crippen LogP) is 0.677. The number of hydrogen-bond donors (Lipinski definition) is 3. The third-order valence-electron chi connectivity index (χ3n) is 2.61. The van der Waals surface area contributed by atoms with Gasteiger partial charge in [0.2, 0.25) is 5.91 Å². The monoisotopic (exact) mass is 268 g/mol. The number of benzene rings is 1. The van der Waals surface area contributed by atoms with Crippen LogP contribution >= 0.6 is 0 Å². The first-order valence-electron chi connectivity index (χ1n) is 5.98. The molecule has 1 aromatic carbocycles. The smallest absolute Gasteiger partial charge is 0.303 e. The number of carbonyl (C=O) groups is 2. The van der Waals surface area contributed by atoms with Crippen LogP contribution < -0.4 is 11.1 Å². The van der Waals surface area contributed by atoms with Gasteiger partial charge < -0.3 is 16.2 Å². The number of halogens is 1. The third-order valence-corrected chi connectivity index (χ3v) is 2.61. The van der Waals surface area contributed by atoms with Gasteiger partial charge in [0.25, 0.3) is 0 Å². The summed E-state index contributed by atoms with van der Waals surface area (Å²) in [5, 5.41) is 11.1. The molecule has 1 amide bonds. The molecule has 0 aliphatic heterocycles. The van der Waals surface area contributed by atoms with Crippen molar-refractivity contribution in [1.29, 1.82) is 0 Å². The van der Waals surface area contributed by atoms with Crippen LogP contribution in [0.2, 0.25) is 0 Å². The number of nitrogens with two attached hydrogens (primary N) is 1. The Morgan fingerprint density at radius 2 is 2.16 bits per heavy atom. The fourth-order valence-electron chi connectivity index (χ4n) is 1.56. The van der Waals surface area contributed by atoms with Gasteiger partial charge in [-0.1, -0.05) is 12.1 Å². The average molecular weight is 268 g/mol. The fraction of sp³-hybridized carbons (Fsp3) is 0.385. The van der Waals surface area contributed by atoms with Crippen LogP contribution in [0.4, 0.5) is 4.39 Å². The lowest BCUT2D eigenvalue weighted by molar-refractivity contribution is -0.137. The number of carbonyl (C=O) groups excluding carboxylic acids is 1. The van der Waals surface area contributed by atoms with Crippen molar-refractivity contribution in [1.82, 2.24) is 5.32 Å². The minimum atomic E-state index is -0.983. The third kappa shape index (κ3) is 5.96. The Hall–Kier alpha value is -1.95. The molecule has 6 heteroatoms. The van der Waals surface area contributed by atoms with Crippen molar-refractivity contribution in [3.05, 3.63) is 35.6 Å². The molecule has 0 heterocycles. The summed E-state index contributed by atoms with van der Waals surface area (Å²) in [6.45, 7) is 0.336. The van der Waals surface area contributed by atoms with E-state index in [1.165, 1.54) is 12.1 Å². The van der Waals surface area contributed by atoms with E-state index in [0.29, 0.717) is 13.0 Å². The normalized spacial score (nSPS) is 11.9.